The molecule has 2 rings (SSSR count). The Morgan fingerprint density at radius 2 is 1.95 bits per heavy atom. The maximum atomic E-state index is 12.3. The summed E-state index contributed by atoms with van der Waals surface area (Å²) >= 11 is 5.85. The summed E-state index contributed by atoms with van der Waals surface area (Å²) < 4.78 is 5.11. The van der Waals surface area contributed by atoms with Crippen molar-refractivity contribution in [1.82, 2.24) is 4.90 Å². The second-order valence-electron chi connectivity index (χ2n) is 5.74. The molecule has 22 heavy (non-hydrogen) atoms. The minimum Gasteiger partial charge on any atom is -0.452 e. The van der Waals surface area contributed by atoms with Crippen LogP contribution in [0.4, 0.5) is 5.69 Å². The molecule has 1 saturated heterocycles. The van der Waals surface area contributed by atoms with Gasteiger partial charge in [0.25, 0.3) is 5.91 Å². The van der Waals surface area contributed by atoms with Crippen LogP contribution in [0.1, 0.15) is 43.5 Å². The first-order chi connectivity index (χ1) is 10.4. The zero-order valence-corrected chi connectivity index (χ0v) is 13.6. The summed E-state index contributed by atoms with van der Waals surface area (Å²) in [6.07, 6.45) is 3.07. The number of carbonyl (C=O) groups is 2. The van der Waals surface area contributed by atoms with Crippen molar-refractivity contribution in [2.75, 3.05) is 12.3 Å². The van der Waals surface area contributed by atoms with Gasteiger partial charge >= 0.3 is 5.97 Å². The molecule has 0 unspecified atom stereocenters. The van der Waals surface area contributed by atoms with Crippen LogP contribution in [0.2, 0.25) is 5.02 Å². The van der Waals surface area contributed by atoms with Crippen molar-refractivity contribution in [2.45, 2.75) is 45.2 Å². The second kappa shape index (κ2) is 7.01. The Hall–Kier alpha value is -1.75. The fourth-order valence-electron chi connectivity index (χ4n) is 2.90. The summed E-state index contributed by atoms with van der Waals surface area (Å²) in [6, 6.07) is 4.92. The van der Waals surface area contributed by atoms with Crippen LogP contribution < -0.4 is 5.73 Å². The quantitative estimate of drug-likeness (QED) is 0.685. The van der Waals surface area contributed by atoms with E-state index < -0.39 is 5.97 Å². The molecule has 0 aromatic heterocycles. The minimum atomic E-state index is -0.634. The third kappa shape index (κ3) is 3.71. The Labute approximate surface area is 135 Å². The van der Waals surface area contributed by atoms with Crippen LogP contribution in [0, 0.1) is 0 Å². The van der Waals surface area contributed by atoms with Gasteiger partial charge in [0.15, 0.2) is 6.61 Å². The lowest BCUT2D eigenvalue weighted by Gasteiger charge is -2.38. The maximum absolute atomic E-state index is 12.3. The lowest BCUT2D eigenvalue weighted by atomic mass is 9.97. The summed E-state index contributed by atoms with van der Waals surface area (Å²) in [5.74, 6) is -0.806. The number of rotatable bonds is 3. The summed E-state index contributed by atoms with van der Waals surface area (Å²) in [7, 11) is 0. The Bertz CT molecular complexity index is 567. The van der Waals surface area contributed by atoms with Gasteiger partial charge in [0.1, 0.15) is 0 Å². The van der Waals surface area contributed by atoms with Gasteiger partial charge in [-0.3, -0.25) is 4.79 Å². The first-order valence-corrected chi connectivity index (χ1v) is 7.81. The average molecular weight is 325 g/mol. The van der Waals surface area contributed by atoms with Gasteiger partial charge in [-0.25, -0.2) is 4.79 Å². The highest BCUT2D eigenvalue weighted by atomic mass is 35.5. The molecule has 0 spiro atoms. The molecule has 2 N–H and O–H groups in total. The average Bonchev–Trinajstić information content (AvgIpc) is 2.47. The van der Waals surface area contributed by atoms with Gasteiger partial charge in [0, 0.05) is 22.8 Å². The summed E-state index contributed by atoms with van der Waals surface area (Å²) in [5, 5.41) is 0.394. The molecule has 6 heteroatoms. The fourth-order valence-corrected chi connectivity index (χ4v) is 3.07. The van der Waals surface area contributed by atoms with Gasteiger partial charge in [-0.2, -0.15) is 0 Å². The van der Waals surface area contributed by atoms with Crippen LogP contribution in [-0.4, -0.2) is 35.5 Å². The molecule has 1 aromatic carbocycles. The monoisotopic (exact) mass is 324 g/mol. The van der Waals surface area contributed by atoms with Gasteiger partial charge in [-0.1, -0.05) is 11.6 Å². The van der Waals surface area contributed by atoms with E-state index in [1.54, 1.807) is 11.0 Å². The van der Waals surface area contributed by atoms with Crippen LogP contribution in [-0.2, 0) is 9.53 Å². The summed E-state index contributed by atoms with van der Waals surface area (Å²) in [4.78, 5) is 26.1. The molecule has 120 valence electrons. The van der Waals surface area contributed by atoms with E-state index in [2.05, 4.69) is 0 Å². The zero-order chi connectivity index (χ0) is 16.3. The second-order valence-corrected chi connectivity index (χ2v) is 6.17. The molecule has 5 nitrogen and oxygen atoms in total. The molecule has 1 aliphatic rings. The number of nitrogen functional groups attached to an aromatic ring is 1. The maximum Gasteiger partial charge on any atom is 0.340 e. The molecule has 0 radical (unpaired) electrons. The zero-order valence-electron chi connectivity index (χ0n) is 12.8. The number of amides is 1. The highest BCUT2D eigenvalue weighted by molar-refractivity contribution is 6.31. The first kappa shape index (κ1) is 16.6. The van der Waals surface area contributed by atoms with E-state index in [9.17, 15) is 9.59 Å². The van der Waals surface area contributed by atoms with E-state index in [1.165, 1.54) is 12.1 Å². The van der Waals surface area contributed by atoms with Crippen LogP contribution >= 0.6 is 11.6 Å². The number of nitrogens with zero attached hydrogens (tertiary/aromatic N) is 1. The lowest BCUT2D eigenvalue weighted by molar-refractivity contribution is -0.140. The van der Waals surface area contributed by atoms with Crippen LogP contribution in [0.5, 0.6) is 0 Å². The standard InChI is InChI=1S/C16H21ClN2O3/c1-10-4-3-5-11(2)19(10)15(20)9-22-16(21)13-8-12(17)6-7-14(13)18/h6-8,10-11H,3-5,9,18H2,1-2H3/t10-,11+. The lowest BCUT2D eigenvalue weighted by Crippen LogP contribution is -2.49. The molecular weight excluding hydrogens is 304 g/mol. The predicted molar refractivity (Wildman–Crippen MR) is 85.8 cm³/mol. The Morgan fingerprint density at radius 3 is 2.59 bits per heavy atom. The van der Waals surface area contributed by atoms with Crippen molar-refractivity contribution in [3.63, 3.8) is 0 Å². The van der Waals surface area contributed by atoms with E-state index in [0.717, 1.165) is 19.3 Å². The molecule has 2 atom stereocenters. The number of hydrogen-bond donors (Lipinski definition) is 1. The highest BCUT2D eigenvalue weighted by Gasteiger charge is 2.29. The van der Waals surface area contributed by atoms with Crippen LogP contribution in [0.3, 0.4) is 0 Å². The van der Waals surface area contributed by atoms with E-state index in [4.69, 9.17) is 22.1 Å². The molecule has 1 aliphatic heterocycles. The van der Waals surface area contributed by atoms with Crippen LogP contribution in [0.25, 0.3) is 0 Å². The Balaban J connectivity index is 1.98. The van der Waals surface area contributed by atoms with Crippen molar-refractivity contribution in [1.29, 1.82) is 0 Å². The molecule has 0 aliphatic carbocycles. The van der Waals surface area contributed by atoms with Gasteiger partial charge in [0.2, 0.25) is 0 Å². The fraction of sp³-hybridized carbons (Fsp3) is 0.500. The molecule has 0 saturated carbocycles. The number of esters is 1. The normalized spacial score (nSPS) is 21.5. The summed E-state index contributed by atoms with van der Waals surface area (Å²) in [6.45, 7) is 3.76. The number of halogens is 1. The summed E-state index contributed by atoms with van der Waals surface area (Å²) in [5.41, 5.74) is 6.19. The Morgan fingerprint density at radius 1 is 1.32 bits per heavy atom. The number of ether oxygens (including phenoxy) is 1. The van der Waals surface area contributed by atoms with Gasteiger partial charge in [0.05, 0.1) is 5.56 Å². The van der Waals surface area contributed by atoms with E-state index in [0.29, 0.717) is 5.02 Å². The van der Waals surface area contributed by atoms with Gasteiger partial charge in [-0.15, -0.1) is 0 Å². The molecule has 1 heterocycles. The number of carbonyl (C=O) groups excluding carboxylic acids is 2. The highest BCUT2D eigenvalue weighted by Crippen LogP contribution is 2.23. The number of anilines is 1. The molecule has 0 bridgehead atoms. The number of benzene rings is 1. The van der Waals surface area contributed by atoms with Gasteiger partial charge in [-0.05, 0) is 51.3 Å². The van der Waals surface area contributed by atoms with E-state index in [-0.39, 0.29) is 35.8 Å². The van der Waals surface area contributed by atoms with E-state index in [1.807, 2.05) is 13.8 Å². The number of piperidine rings is 1. The largest absolute Gasteiger partial charge is 0.452 e. The molecule has 1 amide bonds. The number of likely N-dealkylation sites (tertiary alicyclic amines) is 1. The first-order valence-electron chi connectivity index (χ1n) is 7.43. The van der Waals surface area contributed by atoms with Crippen molar-refractivity contribution < 1.29 is 14.3 Å². The Kier molecular flexibility index (Phi) is 5.29. The van der Waals surface area contributed by atoms with Crippen molar-refractivity contribution >= 4 is 29.2 Å². The molecule has 1 fully saturated rings. The predicted octanol–water partition coefficient (Wildman–Crippen LogP) is 2.87. The number of nitrogens with two attached hydrogens (primary N) is 1. The van der Waals surface area contributed by atoms with Crippen molar-refractivity contribution in [2.24, 2.45) is 0 Å². The SMILES string of the molecule is C[C@@H]1CCC[C@H](C)N1C(=O)COC(=O)c1cc(Cl)ccc1N. The topological polar surface area (TPSA) is 72.6 Å². The third-order valence-electron chi connectivity index (χ3n) is 4.04. The minimum absolute atomic E-state index is 0.172. The number of hydrogen-bond acceptors (Lipinski definition) is 4. The van der Waals surface area contributed by atoms with Crippen molar-refractivity contribution in [3.05, 3.63) is 28.8 Å². The van der Waals surface area contributed by atoms with E-state index >= 15 is 0 Å². The van der Waals surface area contributed by atoms with Crippen LogP contribution in [0.15, 0.2) is 18.2 Å². The third-order valence-corrected chi connectivity index (χ3v) is 4.28. The van der Waals surface area contributed by atoms with Gasteiger partial charge < -0.3 is 15.4 Å². The van der Waals surface area contributed by atoms with Crippen molar-refractivity contribution in [3.8, 4) is 0 Å². The molecule has 1 aromatic rings. The smallest absolute Gasteiger partial charge is 0.340 e. The molecular formula is C16H21ClN2O3.